The van der Waals surface area contributed by atoms with Gasteiger partial charge in [0, 0.05) is 34.9 Å². The lowest BCUT2D eigenvalue weighted by Gasteiger charge is -2.34. The zero-order valence-corrected chi connectivity index (χ0v) is 18.2. The molecule has 6 heteroatoms. The maximum atomic E-state index is 13.2. The zero-order chi connectivity index (χ0) is 21.3. The number of allylic oxidation sites excluding steroid dienone is 2. The van der Waals surface area contributed by atoms with Gasteiger partial charge in [-0.15, -0.1) is 11.8 Å². The summed E-state index contributed by atoms with van der Waals surface area (Å²) in [5.41, 5.74) is 3.56. The quantitative estimate of drug-likeness (QED) is 0.721. The largest absolute Gasteiger partial charge is 0.493 e. The molecule has 1 amide bonds. The molecule has 1 N–H and O–H groups in total. The molecule has 30 heavy (non-hydrogen) atoms. The van der Waals surface area contributed by atoms with Crippen LogP contribution in [0.3, 0.4) is 0 Å². The molecule has 156 valence electrons. The van der Waals surface area contributed by atoms with Crippen LogP contribution in [0.15, 0.2) is 58.6 Å². The van der Waals surface area contributed by atoms with E-state index in [1.807, 2.05) is 48.7 Å². The van der Waals surface area contributed by atoms with Gasteiger partial charge in [0.25, 0.3) is 0 Å². The summed E-state index contributed by atoms with van der Waals surface area (Å²) >= 11 is 1.67. The second kappa shape index (κ2) is 8.56. The Morgan fingerprint density at radius 2 is 1.60 bits per heavy atom. The van der Waals surface area contributed by atoms with E-state index in [4.69, 9.17) is 9.47 Å². The highest BCUT2D eigenvalue weighted by molar-refractivity contribution is 7.98. The van der Waals surface area contributed by atoms with Gasteiger partial charge < -0.3 is 14.8 Å². The normalized spacial score (nSPS) is 21.2. The molecule has 1 heterocycles. The number of carbonyl (C=O) groups excluding carboxylic acids is 2. The lowest BCUT2D eigenvalue weighted by molar-refractivity contribution is -0.122. The summed E-state index contributed by atoms with van der Waals surface area (Å²) in [6.07, 6.45) is 3.39. The first kappa shape index (κ1) is 20.5. The number of thioether (sulfide) groups is 1. The smallest absolute Gasteiger partial charge is 0.225 e. The number of hydrogen-bond donors (Lipinski definition) is 1. The van der Waals surface area contributed by atoms with E-state index in [1.54, 1.807) is 26.0 Å². The van der Waals surface area contributed by atoms with Crippen LogP contribution in [0, 0.1) is 0 Å². The van der Waals surface area contributed by atoms with E-state index in [0.29, 0.717) is 30.8 Å². The summed E-state index contributed by atoms with van der Waals surface area (Å²) in [7, 11) is 3.20. The molecule has 0 bridgehead atoms. The molecule has 2 atom stereocenters. The summed E-state index contributed by atoms with van der Waals surface area (Å²) in [5.74, 6) is 1.19. The second-order valence-corrected chi connectivity index (χ2v) is 8.49. The number of rotatable bonds is 5. The number of amides is 1. The predicted molar refractivity (Wildman–Crippen MR) is 117 cm³/mol. The van der Waals surface area contributed by atoms with Crippen molar-refractivity contribution < 1.29 is 19.1 Å². The number of methoxy groups -OCH3 is 2. The van der Waals surface area contributed by atoms with Gasteiger partial charge in [-0.2, -0.15) is 0 Å². The highest BCUT2D eigenvalue weighted by Gasteiger charge is 2.38. The fraction of sp³-hybridized carbons (Fsp3) is 0.333. The van der Waals surface area contributed by atoms with E-state index in [0.717, 1.165) is 27.3 Å². The number of ether oxygens (including phenoxy) is 2. The van der Waals surface area contributed by atoms with Gasteiger partial charge in [-0.1, -0.05) is 18.2 Å². The highest BCUT2D eigenvalue weighted by Crippen LogP contribution is 2.43. The monoisotopic (exact) mass is 423 g/mol. The van der Waals surface area contributed by atoms with E-state index in [2.05, 4.69) is 5.32 Å². The lowest BCUT2D eigenvalue weighted by Crippen LogP contribution is -2.38. The summed E-state index contributed by atoms with van der Waals surface area (Å²) in [5, 5.41) is 2.98. The van der Waals surface area contributed by atoms with E-state index in [-0.39, 0.29) is 23.5 Å². The maximum absolute atomic E-state index is 13.2. The van der Waals surface area contributed by atoms with Crippen LogP contribution in [-0.2, 0) is 9.59 Å². The molecule has 0 unspecified atom stereocenters. The van der Waals surface area contributed by atoms with Gasteiger partial charge >= 0.3 is 0 Å². The molecule has 4 rings (SSSR count). The van der Waals surface area contributed by atoms with Crippen LogP contribution in [0.25, 0.3) is 0 Å². The number of ketones is 1. The molecule has 0 radical (unpaired) electrons. The Kier molecular flexibility index (Phi) is 5.86. The summed E-state index contributed by atoms with van der Waals surface area (Å²) in [6.45, 7) is 0. The number of benzene rings is 2. The molecule has 2 aromatic rings. The molecule has 2 aromatic carbocycles. The van der Waals surface area contributed by atoms with Gasteiger partial charge in [-0.05, 0) is 54.0 Å². The van der Waals surface area contributed by atoms with Crippen LogP contribution in [0.2, 0.25) is 0 Å². The minimum atomic E-state index is -0.177. The second-order valence-electron chi connectivity index (χ2n) is 7.61. The van der Waals surface area contributed by atoms with Gasteiger partial charge in [0.05, 0.1) is 14.2 Å². The molecule has 0 fully saturated rings. The van der Waals surface area contributed by atoms with Gasteiger partial charge in [0.1, 0.15) is 0 Å². The molecule has 1 aliphatic heterocycles. The van der Waals surface area contributed by atoms with Crippen LogP contribution in [0.1, 0.15) is 42.2 Å². The highest BCUT2D eigenvalue weighted by atomic mass is 32.2. The molecule has 0 spiro atoms. The first-order valence-corrected chi connectivity index (χ1v) is 11.2. The fourth-order valence-corrected chi connectivity index (χ4v) is 4.83. The Balaban J connectivity index is 1.67. The van der Waals surface area contributed by atoms with Crippen molar-refractivity contribution in [2.45, 2.75) is 36.0 Å². The molecule has 0 saturated carbocycles. The Morgan fingerprint density at radius 3 is 2.27 bits per heavy atom. The van der Waals surface area contributed by atoms with Crippen LogP contribution in [0.5, 0.6) is 11.5 Å². The topological polar surface area (TPSA) is 64.6 Å². The third-order valence-electron chi connectivity index (χ3n) is 5.93. The van der Waals surface area contributed by atoms with Crippen molar-refractivity contribution >= 4 is 23.5 Å². The SMILES string of the molecule is COc1ccc([C@H]2CC(=O)C3=C(C2)NC(=O)C[C@H]3c2ccc(SC)cc2)cc1OC. The van der Waals surface area contributed by atoms with Gasteiger partial charge in [-0.3, -0.25) is 9.59 Å². The fourth-order valence-electron chi connectivity index (χ4n) is 4.42. The van der Waals surface area contributed by atoms with Gasteiger partial charge in [-0.25, -0.2) is 0 Å². The zero-order valence-electron chi connectivity index (χ0n) is 17.4. The Hall–Kier alpha value is -2.73. The van der Waals surface area contributed by atoms with Crippen LogP contribution >= 0.6 is 11.8 Å². The molecule has 0 aromatic heterocycles. The van der Waals surface area contributed by atoms with E-state index in [9.17, 15) is 9.59 Å². The molecular formula is C24H25NO4S. The minimum Gasteiger partial charge on any atom is -0.493 e. The summed E-state index contributed by atoms with van der Waals surface area (Å²) in [4.78, 5) is 26.9. The number of Topliss-reactive ketones (excluding diaryl/α,β-unsaturated/α-hetero) is 1. The third kappa shape index (κ3) is 3.84. The van der Waals surface area contributed by atoms with Crippen LogP contribution in [-0.4, -0.2) is 32.2 Å². The van der Waals surface area contributed by atoms with E-state index in [1.165, 1.54) is 0 Å². The van der Waals surface area contributed by atoms with Crippen molar-refractivity contribution in [2.24, 2.45) is 0 Å². The van der Waals surface area contributed by atoms with Crippen LogP contribution < -0.4 is 14.8 Å². The summed E-state index contributed by atoms with van der Waals surface area (Å²) < 4.78 is 10.7. The van der Waals surface area contributed by atoms with Crippen molar-refractivity contribution in [1.82, 2.24) is 5.32 Å². The van der Waals surface area contributed by atoms with Gasteiger partial charge in [0.15, 0.2) is 17.3 Å². The predicted octanol–water partition coefficient (Wildman–Crippen LogP) is 4.43. The van der Waals surface area contributed by atoms with E-state index < -0.39 is 0 Å². The standard InChI is InChI=1S/C24H25NO4S/c1-28-21-9-6-15(12-22(21)29-2)16-10-19-24(20(26)11-16)18(13-23(27)25-19)14-4-7-17(30-3)8-5-14/h4-9,12,16,18H,10-11,13H2,1-3H3,(H,25,27)/t16-,18+/m1/s1. The van der Waals surface area contributed by atoms with E-state index >= 15 is 0 Å². The van der Waals surface area contributed by atoms with Crippen molar-refractivity contribution in [2.75, 3.05) is 20.5 Å². The van der Waals surface area contributed by atoms with Crippen molar-refractivity contribution in [3.63, 3.8) is 0 Å². The number of nitrogens with one attached hydrogen (secondary N) is 1. The molecule has 2 aliphatic rings. The maximum Gasteiger partial charge on any atom is 0.225 e. The number of hydrogen-bond acceptors (Lipinski definition) is 5. The summed E-state index contributed by atoms with van der Waals surface area (Å²) in [6, 6.07) is 13.9. The Bertz CT molecular complexity index is 1010. The van der Waals surface area contributed by atoms with Crippen molar-refractivity contribution in [3.05, 3.63) is 64.9 Å². The Morgan fingerprint density at radius 1 is 0.900 bits per heavy atom. The minimum absolute atomic E-state index is 0.00558. The Labute approximate surface area is 180 Å². The average Bonchev–Trinajstić information content (AvgIpc) is 2.77. The lowest BCUT2D eigenvalue weighted by atomic mass is 9.73. The van der Waals surface area contributed by atoms with Crippen LogP contribution in [0.4, 0.5) is 0 Å². The van der Waals surface area contributed by atoms with Crippen molar-refractivity contribution in [1.29, 1.82) is 0 Å². The first-order valence-electron chi connectivity index (χ1n) is 9.96. The molecular weight excluding hydrogens is 398 g/mol. The molecule has 5 nitrogen and oxygen atoms in total. The molecule has 0 saturated heterocycles. The first-order chi connectivity index (χ1) is 14.5. The third-order valence-corrected chi connectivity index (χ3v) is 6.68. The van der Waals surface area contributed by atoms with Gasteiger partial charge in [0.2, 0.25) is 5.91 Å². The number of carbonyl (C=O) groups is 2. The van der Waals surface area contributed by atoms with Crippen molar-refractivity contribution in [3.8, 4) is 11.5 Å². The average molecular weight is 424 g/mol. The molecule has 1 aliphatic carbocycles.